The van der Waals surface area contributed by atoms with Crippen molar-refractivity contribution >= 4 is 11.3 Å². The molecule has 5 rings (SSSR count). The standard InChI is InChI=1S/C36H53NO3S/c1-6-7-8-11-28-23-37-33(41-28)36(19-20-36)32(40)16-18-34(3,4)31-15-14-29-25(10-9-17-35(29,31)5)12-13-26-21-27(38)22-30(39)24(26)2/h12-13,16,18,23,27,29-32,38-40H,2,6-11,14-15,17,19-22H2,1,3-5H3/b18-16+,25-12+,26-13-/t27-,29+,30+,31-,32-,35+/m1/s1. The molecule has 0 aromatic carbocycles. The summed E-state index contributed by atoms with van der Waals surface area (Å²) < 4.78 is 0. The summed E-state index contributed by atoms with van der Waals surface area (Å²) in [5.41, 5.74) is 3.31. The Labute approximate surface area is 252 Å². The van der Waals surface area contributed by atoms with Crippen molar-refractivity contribution in [1.82, 2.24) is 4.98 Å². The average molecular weight is 580 g/mol. The number of aryl methyl sites for hydroxylation is 1. The van der Waals surface area contributed by atoms with Gasteiger partial charge in [-0.2, -0.15) is 0 Å². The van der Waals surface area contributed by atoms with E-state index in [1.165, 1.54) is 55.4 Å². The van der Waals surface area contributed by atoms with Crippen LogP contribution in [0.1, 0.15) is 115 Å². The van der Waals surface area contributed by atoms with Crippen molar-refractivity contribution in [3.05, 3.63) is 63.7 Å². The van der Waals surface area contributed by atoms with E-state index >= 15 is 0 Å². The lowest BCUT2D eigenvalue weighted by Gasteiger charge is -2.47. The van der Waals surface area contributed by atoms with E-state index in [-0.39, 0.29) is 16.2 Å². The van der Waals surface area contributed by atoms with Gasteiger partial charge in [0.15, 0.2) is 0 Å². The number of rotatable bonds is 10. The molecule has 4 aliphatic rings. The second-order valence-electron chi connectivity index (χ2n) is 14.5. The maximum atomic E-state index is 11.4. The summed E-state index contributed by atoms with van der Waals surface area (Å²) in [4.78, 5) is 6.15. The zero-order valence-corrected chi connectivity index (χ0v) is 26.7. The fourth-order valence-corrected chi connectivity index (χ4v) is 9.77. The van der Waals surface area contributed by atoms with E-state index in [1.54, 1.807) is 0 Å². The Kier molecular flexibility index (Phi) is 9.22. The summed E-state index contributed by atoms with van der Waals surface area (Å²) in [5, 5.41) is 33.0. The topological polar surface area (TPSA) is 73.6 Å². The highest BCUT2D eigenvalue weighted by Crippen LogP contribution is 2.62. The lowest BCUT2D eigenvalue weighted by Crippen LogP contribution is -2.39. The highest BCUT2D eigenvalue weighted by Gasteiger charge is 2.54. The average Bonchev–Trinajstić information content (AvgIpc) is 3.45. The van der Waals surface area contributed by atoms with Crippen molar-refractivity contribution in [2.24, 2.45) is 22.7 Å². The molecule has 41 heavy (non-hydrogen) atoms. The molecule has 4 nitrogen and oxygen atoms in total. The number of hydrogen-bond donors (Lipinski definition) is 3. The quantitative estimate of drug-likeness (QED) is 0.194. The highest BCUT2D eigenvalue weighted by molar-refractivity contribution is 7.11. The fourth-order valence-electron chi connectivity index (χ4n) is 8.54. The van der Waals surface area contributed by atoms with Crippen molar-refractivity contribution in [3.63, 3.8) is 0 Å². The molecule has 0 radical (unpaired) electrons. The predicted octanol–water partition coefficient (Wildman–Crippen LogP) is 7.99. The lowest BCUT2D eigenvalue weighted by molar-refractivity contribution is 0.0706. The van der Waals surface area contributed by atoms with Gasteiger partial charge in [-0.05, 0) is 98.0 Å². The number of fused-ring (bicyclic) bond motifs is 1. The molecule has 0 saturated heterocycles. The second kappa shape index (κ2) is 12.2. The van der Waals surface area contributed by atoms with Gasteiger partial charge in [-0.15, -0.1) is 11.3 Å². The van der Waals surface area contributed by atoms with Crippen molar-refractivity contribution in [2.45, 2.75) is 135 Å². The number of hydrogen-bond acceptors (Lipinski definition) is 5. The first-order chi connectivity index (χ1) is 19.5. The van der Waals surface area contributed by atoms with Crippen LogP contribution in [0.15, 0.2) is 53.8 Å². The third-order valence-electron chi connectivity index (χ3n) is 11.2. The van der Waals surface area contributed by atoms with Gasteiger partial charge in [0, 0.05) is 17.5 Å². The van der Waals surface area contributed by atoms with Crippen molar-refractivity contribution in [1.29, 1.82) is 0 Å². The van der Waals surface area contributed by atoms with E-state index in [0.717, 1.165) is 41.8 Å². The van der Waals surface area contributed by atoms with Gasteiger partial charge in [0.05, 0.1) is 23.7 Å². The molecule has 4 fully saturated rings. The molecule has 0 amide bonds. The monoisotopic (exact) mass is 579 g/mol. The highest BCUT2D eigenvalue weighted by atomic mass is 32.1. The van der Waals surface area contributed by atoms with Gasteiger partial charge in [-0.3, -0.25) is 0 Å². The van der Waals surface area contributed by atoms with Crippen LogP contribution in [-0.4, -0.2) is 38.6 Å². The molecule has 0 bridgehead atoms. The molecule has 1 aromatic heterocycles. The minimum Gasteiger partial charge on any atom is -0.393 e. The number of unbranched alkanes of at least 4 members (excludes halogenated alkanes) is 2. The number of aliphatic hydroxyl groups excluding tert-OH is 3. The Balaban J connectivity index is 1.28. The van der Waals surface area contributed by atoms with Crippen molar-refractivity contribution in [3.8, 4) is 0 Å². The molecule has 4 saturated carbocycles. The minimum atomic E-state index is -0.642. The first kappa shape index (κ1) is 30.9. The summed E-state index contributed by atoms with van der Waals surface area (Å²) in [5.74, 6) is 1.10. The van der Waals surface area contributed by atoms with Gasteiger partial charge in [-0.1, -0.05) is 77.0 Å². The van der Waals surface area contributed by atoms with Crippen molar-refractivity contribution in [2.75, 3.05) is 0 Å². The second-order valence-corrected chi connectivity index (χ2v) is 15.6. The predicted molar refractivity (Wildman–Crippen MR) is 170 cm³/mol. The van der Waals surface area contributed by atoms with Crippen LogP contribution in [0.2, 0.25) is 0 Å². The maximum Gasteiger partial charge on any atom is 0.102 e. The molecular weight excluding hydrogens is 526 g/mol. The van der Waals surface area contributed by atoms with Gasteiger partial charge in [-0.25, -0.2) is 4.98 Å². The largest absolute Gasteiger partial charge is 0.393 e. The zero-order valence-electron chi connectivity index (χ0n) is 25.9. The molecule has 3 N–H and O–H groups in total. The van der Waals surface area contributed by atoms with Gasteiger partial charge in [0.1, 0.15) is 5.01 Å². The summed E-state index contributed by atoms with van der Waals surface area (Å²) in [6.45, 7) is 13.6. The summed E-state index contributed by atoms with van der Waals surface area (Å²) in [6, 6.07) is 0. The summed E-state index contributed by atoms with van der Waals surface area (Å²) in [6.07, 6.45) is 23.1. The molecule has 226 valence electrons. The maximum absolute atomic E-state index is 11.4. The third kappa shape index (κ3) is 6.25. The first-order valence-corrected chi connectivity index (χ1v) is 17.1. The Morgan fingerprint density at radius 1 is 1.17 bits per heavy atom. The lowest BCUT2D eigenvalue weighted by atomic mass is 9.57. The van der Waals surface area contributed by atoms with Crippen molar-refractivity contribution < 1.29 is 15.3 Å². The van der Waals surface area contributed by atoms with E-state index in [0.29, 0.717) is 24.7 Å². The Hall–Kier alpha value is -1.53. The van der Waals surface area contributed by atoms with Crippen LogP contribution < -0.4 is 0 Å². The zero-order chi connectivity index (χ0) is 29.4. The van der Waals surface area contributed by atoms with Crippen LogP contribution >= 0.6 is 11.3 Å². The normalized spacial score (nSPS) is 34.5. The van der Waals surface area contributed by atoms with E-state index in [1.807, 2.05) is 17.5 Å². The van der Waals surface area contributed by atoms with Crippen LogP contribution in [0.25, 0.3) is 0 Å². The Morgan fingerprint density at radius 2 is 1.95 bits per heavy atom. The number of allylic oxidation sites excluding steroid dienone is 4. The van der Waals surface area contributed by atoms with E-state index in [2.05, 4.69) is 58.6 Å². The van der Waals surface area contributed by atoms with E-state index < -0.39 is 18.3 Å². The molecule has 0 unspecified atom stereocenters. The smallest absolute Gasteiger partial charge is 0.102 e. The van der Waals surface area contributed by atoms with Gasteiger partial charge < -0.3 is 15.3 Å². The molecule has 0 aliphatic heterocycles. The first-order valence-electron chi connectivity index (χ1n) is 16.3. The van der Waals surface area contributed by atoms with Gasteiger partial charge >= 0.3 is 0 Å². The Bertz CT molecular complexity index is 1190. The number of aromatic nitrogens is 1. The third-order valence-corrected chi connectivity index (χ3v) is 12.5. The molecule has 1 aromatic rings. The number of nitrogens with zero attached hydrogens (tertiary/aromatic N) is 1. The molecule has 4 aliphatic carbocycles. The molecule has 6 atom stereocenters. The molecule has 1 heterocycles. The SMILES string of the molecule is C=C1/C(=C\C=C2/CCC[C@]3(C)[C@@H](C(C)(C)/C=C/[C@@H](O)C4(c5ncc(CCCCC)s5)CC4)CC[C@@H]23)C[C@@H](O)C[C@@H]1O. The van der Waals surface area contributed by atoms with E-state index in [4.69, 9.17) is 4.98 Å². The summed E-state index contributed by atoms with van der Waals surface area (Å²) >= 11 is 1.82. The number of aliphatic hydroxyl groups is 3. The molecule has 0 spiro atoms. The Morgan fingerprint density at radius 3 is 2.68 bits per heavy atom. The van der Waals surface area contributed by atoms with Crippen LogP contribution in [0, 0.1) is 22.7 Å². The van der Waals surface area contributed by atoms with Crippen LogP contribution in [0.5, 0.6) is 0 Å². The van der Waals surface area contributed by atoms with Crippen LogP contribution in [0.3, 0.4) is 0 Å². The molecular formula is C36H53NO3S. The van der Waals surface area contributed by atoms with Crippen LogP contribution in [0.4, 0.5) is 0 Å². The fraction of sp³-hybridized carbons (Fsp3) is 0.694. The number of thiazole rings is 1. The van der Waals surface area contributed by atoms with Crippen LogP contribution in [-0.2, 0) is 11.8 Å². The summed E-state index contributed by atoms with van der Waals surface area (Å²) in [7, 11) is 0. The van der Waals surface area contributed by atoms with Gasteiger partial charge in [0.25, 0.3) is 0 Å². The van der Waals surface area contributed by atoms with Gasteiger partial charge in [0.2, 0.25) is 0 Å². The minimum absolute atomic E-state index is 0.0124. The van der Waals surface area contributed by atoms with E-state index in [9.17, 15) is 15.3 Å². The molecule has 5 heteroatoms.